The molecule has 3 amide bonds. The second-order valence-electron chi connectivity index (χ2n) is 7.27. The third-order valence-corrected chi connectivity index (χ3v) is 5.64. The van der Waals surface area contributed by atoms with Gasteiger partial charge in [-0.1, -0.05) is 0 Å². The molecule has 0 spiro atoms. The first kappa shape index (κ1) is 23.8. The number of amides is 3. The number of hydrogen-bond donors (Lipinski definition) is 0. The molecule has 13 nitrogen and oxygen atoms in total. The minimum absolute atomic E-state index is 0.0327. The van der Waals surface area contributed by atoms with Gasteiger partial charge in [-0.15, -0.1) is 0 Å². The summed E-state index contributed by atoms with van der Waals surface area (Å²) in [5.41, 5.74) is -0.467. The maximum absolute atomic E-state index is 13.2. The van der Waals surface area contributed by atoms with Crippen LogP contribution in [0.1, 0.15) is 24.9 Å². The molecular formula is C20H23N3O10. The van der Waals surface area contributed by atoms with Crippen LogP contribution in [0.5, 0.6) is 11.5 Å². The number of ether oxygens (including phenoxy) is 4. The van der Waals surface area contributed by atoms with Crippen molar-refractivity contribution in [2.45, 2.75) is 25.4 Å². The van der Waals surface area contributed by atoms with Crippen molar-refractivity contribution >= 4 is 29.6 Å². The third-order valence-electron chi connectivity index (χ3n) is 5.64. The number of carbonyl (C=O) groups excluding carboxylic acids is 4. The maximum atomic E-state index is 13.2. The van der Waals surface area contributed by atoms with E-state index < -0.39 is 59.0 Å². The molecule has 0 N–H and O–H groups in total. The highest BCUT2D eigenvalue weighted by Crippen LogP contribution is 2.50. The van der Waals surface area contributed by atoms with Gasteiger partial charge in [-0.2, -0.15) is 0 Å². The van der Waals surface area contributed by atoms with E-state index in [1.165, 1.54) is 20.3 Å². The fourth-order valence-corrected chi connectivity index (χ4v) is 4.26. The molecular weight excluding hydrogens is 442 g/mol. The molecule has 178 valence electrons. The lowest BCUT2D eigenvalue weighted by Gasteiger charge is -2.27. The summed E-state index contributed by atoms with van der Waals surface area (Å²) >= 11 is 0. The average Bonchev–Trinajstić information content (AvgIpc) is 3.29. The van der Waals surface area contributed by atoms with Crippen LogP contribution in [0.15, 0.2) is 12.1 Å². The molecule has 0 saturated carbocycles. The second kappa shape index (κ2) is 9.30. The number of esters is 2. The van der Waals surface area contributed by atoms with Gasteiger partial charge in [-0.05, 0) is 19.4 Å². The number of nitro benzene ring substituents is 1. The third kappa shape index (κ3) is 4.01. The van der Waals surface area contributed by atoms with E-state index in [2.05, 4.69) is 0 Å². The highest BCUT2D eigenvalue weighted by molar-refractivity contribution is 6.07. The van der Waals surface area contributed by atoms with Crippen molar-refractivity contribution in [3.05, 3.63) is 27.8 Å². The number of urea groups is 1. The monoisotopic (exact) mass is 465 g/mol. The van der Waals surface area contributed by atoms with Gasteiger partial charge in [0.1, 0.15) is 12.6 Å². The molecule has 1 aromatic carbocycles. The molecule has 3 rings (SSSR count). The molecule has 0 bridgehead atoms. The molecule has 13 heteroatoms. The van der Waals surface area contributed by atoms with Crippen LogP contribution >= 0.6 is 0 Å². The molecule has 33 heavy (non-hydrogen) atoms. The van der Waals surface area contributed by atoms with Gasteiger partial charge in [0.2, 0.25) is 0 Å². The first-order valence-electron chi connectivity index (χ1n) is 9.97. The number of imide groups is 1. The van der Waals surface area contributed by atoms with Gasteiger partial charge in [0, 0.05) is 0 Å². The molecule has 1 aromatic rings. The fourth-order valence-electron chi connectivity index (χ4n) is 4.26. The molecule has 2 fully saturated rings. The van der Waals surface area contributed by atoms with Crippen LogP contribution < -0.4 is 9.47 Å². The number of hydrogen-bond acceptors (Lipinski definition) is 10. The first-order valence-corrected chi connectivity index (χ1v) is 9.97. The summed E-state index contributed by atoms with van der Waals surface area (Å²) in [6.45, 7) is 1.03. The van der Waals surface area contributed by atoms with Crippen LogP contribution in [0.3, 0.4) is 0 Å². The van der Waals surface area contributed by atoms with Crippen LogP contribution in [0.2, 0.25) is 0 Å². The molecule has 2 saturated heterocycles. The molecule has 2 aliphatic rings. The Bertz CT molecular complexity index is 1010. The van der Waals surface area contributed by atoms with Gasteiger partial charge in [-0.3, -0.25) is 29.4 Å². The van der Waals surface area contributed by atoms with E-state index in [1.54, 1.807) is 6.92 Å². The van der Waals surface area contributed by atoms with Crippen LogP contribution in [0.4, 0.5) is 10.5 Å². The quantitative estimate of drug-likeness (QED) is 0.235. The number of carbonyl (C=O) groups is 4. The lowest BCUT2D eigenvalue weighted by Crippen LogP contribution is -2.40. The summed E-state index contributed by atoms with van der Waals surface area (Å²) in [6.07, 6.45) is -0.132. The fraction of sp³-hybridized carbons (Fsp3) is 0.500. The Hall–Kier alpha value is -3.90. The van der Waals surface area contributed by atoms with E-state index in [0.717, 1.165) is 23.0 Å². The molecule has 3 atom stereocenters. The van der Waals surface area contributed by atoms with E-state index in [9.17, 15) is 29.3 Å². The van der Waals surface area contributed by atoms with Crippen molar-refractivity contribution in [3.8, 4) is 11.5 Å². The summed E-state index contributed by atoms with van der Waals surface area (Å²) < 4.78 is 20.0. The number of rotatable bonds is 8. The van der Waals surface area contributed by atoms with E-state index in [4.69, 9.17) is 18.9 Å². The number of fused-ring (bicyclic) bond motifs is 1. The van der Waals surface area contributed by atoms with E-state index in [-0.39, 0.29) is 30.1 Å². The zero-order valence-electron chi connectivity index (χ0n) is 18.4. The van der Waals surface area contributed by atoms with Crippen molar-refractivity contribution in [1.29, 1.82) is 0 Å². The van der Waals surface area contributed by atoms with Crippen molar-refractivity contribution in [3.63, 3.8) is 0 Å². The van der Waals surface area contributed by atoms with Crippen molar-refractivity contribution < 1.29 is 43.0 Å². The average molecular weight is 465 g/mol. The van der Waals surface area contributed by atoms with Gasteiger partial charge in [0.05, 0.1) is 56.4 Å². The van der Waals surface area contributed by atoms with Crippen molar-refractivity contribution in [2.24, 2.45) is 5.92 Å². The molecule has 3 unspecified atom stereocenters. The number of nitro groups is 1. The molecule has 2 aliphatic heterocycles. The summed E-state index contributed by atoms with van der Waals surface area (Å²) in [5.74, 6) is -3.08. The van der Waals surface area contributed by atoms with Gasteiger partial charge in [0.25, 0.3) is 11.6 Å². The zero-order valence-corrected chi connectivity index (χ0v) is 18.4. The minimum atomic E-state index is -1.22. The SMILES string of the molecule is CCOC(=O)CN1C(=O)C2CC(C(=O)OC)C(c3cc(OC)c(OC)cc3[N+](=O)[O-])N2C1=O. The Morgan fingerprint density at radius 3 is 2.33 bits per heavy atom. The summed E-state index contributed by atoms with van der Waals surface area (Å²) in [6, 6.07) is -0.765. The summed E-state index contributed by atoms with van der Waals surface area (Å²) in [5, 5.41) is 11.9. The summed E-state index contributed by atoms with van der Waals surface area (Å²) in [7, 11) is 3.77. The molecule has 0 aromatic heterocycles. The first-order chi connectivity index (χ1) is 15.7. The van der Waals surface area contributed by atoms with Crippen LogP contribution in [0, 0.1) is 16.0 Å². The zero-order chi connectivity index (χ0) is 24.4. The van der Waals surface area contributed by atoms with E-state index in [0.29, 0.717) is 0 Å². The second-order valence-corrected chi connectivity index (χ2v) is 7.27. The van der Waals surface area contributed by atoms with Crippen LogP contribution in [-0.2, 0) is 23.9 Å². The van der Waals surface area contributed by atoms with Gasteiger partial charge in [0.15, 0.2) is 11.5 Å². The van der Waals surface area contributed by atoms with Gasteiger partial charge < -0.3 is 23.8 Å². The predicted molar refractivity (Wildman–Crippen MR) is 108 cm³/mol. The number of nitrogens with zero attached hydrogens (tertiary/aromatic N) is 3. The Labute approximate surface area is 188 Å². The number of benzene rings is 1. The lowest BCUT2D eigenvalue weighted by molar-refractivity contribution is -0.386. The topological polar surface area (TPSA) is 155 Å². The van der Waals surface area contributed by atoms with Crippen molar-refractivity contribution in [2.75, 3.05) is 34.5 Å². The molecule has 0 radical (unpaired) electrons. The van der Waals surface area contributed by atoms with E-state index >= 15 is 0 Å². The van der Waals surface area contributed by atoms with E-state index in [1.807, 2.05) is 0 Å². The Balaban J connectivity index is 2.13. The Kier molecular flexibility index (Phi) is 6.70. The number of methoxy groups -OCH3 is 3. The van der Waals surface area contributed by atoms with Crippen molar-refractivity contribution in [1.82, 2.24) is 9.80 Å². The largest absolute Gasteiger partial charge is 0.493 e. The highest BCUT2D eigenvalue weighted by Gasteiger charge is 2.59. The van der Waals surface area contributed by atoms with Crippen LogP contribution in [-0.4, -0.2) is 79.1 Å². The summed E-state index contributed by atoms with van der Waals surface area (Å²) in [4.78, 5) is 63.6. The standard InChI is InChI=1S/C20H23N3O10/c1-5-33-16(24)9-21-18(25)13-6-11(19(26)32-4)17(22(13)20(21)27)10-7-14(30-2)15(31-3)8-12(10)23(28)29/h7-8,11,13,17H,5-6,9H2,1-4H3. The molecule has 0 aliphatic carbocycles. The van der Waals surface area contributed by atoms with Gasteiger partial charge in [-0.25, -0.2) is 4.79 Å². The Morgan fingerprint density at radius 1 is 1.15 bits per heavy atom. The highest BCUT2D eigenvalue weighted by atomic mass is 16.6. The normalized spacial score (nSPS) is 21.6. The Morgan fingerprint density at radius 2 is 1.79 bits per heavy atom. The smallest absolute Gasteiger partial charge is 0.328 e. The lowest BCUT2D eigenvalue weighted by atomic mass is 9.91. The van der Waals surface area contributed by atoms with Gasteiger partial charge >= 0.3 is 18.0 Å². The van der Waals surface area contributed by atoms with Crippen LogP contribution in [0.25, 0.3) is 0 Å². The molecule has 2 heterocycles. The predicted octanol–water partition coefficient (Wildman–Crippen LogP) is 1.04. The minimum Gasteiger partial charge on any atom is -0.493 e. The maximum Gasteiger partial charge on any atom is 0.328 e.